The predicted molar refractivity (Wildman–Crippen MR) is 83.9 cm³/mol. The van der Waals surface area contributed by atoms with Gasteiger partial charge in [0.15, 0.2) is 0 Å². The molecule has 1 rings (SSSR count). The Labute approximate surface area is 127 Å². The number of benzene rings is 1. The fourth-order valence-electron chi connectivity index (χ4n) is 2.43. The molecule has 0 radical (unpaired) electrons. The highest BCUT2D eigenvalue weighted by Gasteiger charge is 2.20. The van der Waals surface area contributed by atoms with Crippen molar-refractivity contribution in [3.05, 3.63) is 35.9 Å². The highest BCUT2D eigenvalue weighted by molar-refractivity contribution is 5.70. The second-order valence-electron chi connectivity index (χ2n) is 5.10. The standard InChI is InChI=1S/C17H27NO3/c1-3-16(13-17(20)21-4-2)18(11-8-12-19)14-15-9-6-5-7-10-15/h5-7,9-10,16,19H,3-4,8,11-14H2,1-2H3. The third kappa shape index (κ3) is 6.74. The Kier molecular flexibility index (Phi) is 8.71. The second-order valence-corrected chi connectivity index (χ2v) is 5.10. The number of hydrogen-bond acceptors (Lipinski definition) is 4. The largest absolute Gasteiger partial charge is 0.466 e. The quantitative estimate of drug-likeness (QED) is 0.674. The molecule has 0 heterocycles. The van der Waals surface area contributed by atoms with Crippen molar-refractivity contribution in [1.82, 2.24) is 4.90 Å². The van der Waals surface area contributed by atoms with Crippen LogP contribution in [0.4, 0.5) is 0 Å². The van der Waals surface area contributed by atoms with Gasteiger partial charge in [-0.1, -0.05) is 37.3 Å². The Morgan fingerprint density at radius 3 is 2.57 bits per heavy atom. The maximum atomic E-state index is 11.7. The van der Waals surface area contributed by atoms with Gasteiger partial charge in [-0.15, -0.1) is 0 Å². The van der Waals surface area contributed by atoms with Gasteiger partial charge in [-0.25, -0.2) is 0 Å². The molecule has 0 saturated heterocycles. The van der Waals surface area contributed by atoms with Crippen LogP contribution in [0.25, 0.3) is 0 Å². The number of aliphatic hydroxyl groups is 1. The molecule has 0 saturated carbocycles. The van der Waals surface area contributed by atoms with Gasteiger partial charge in [-0.05, 0) is 25.3 Å². The van der Waals surface area contributed by atoms with E-state index >= 15 is 0 Å². The van der Waals surface area contributed by atoms with Crippen LogP contribution in [0.15, 0.2) is 30.3 Å². The average molecular weight is 293 g/mol. The van der Waals surface area contributed by atoms with Gasteiger partial charge >= 0.3 is 5.97 Å². The summed E-state index contributed by atoms with van der Waals surface area (Å²) in [5.74, 6) is -0.147. The number of nitrogens with zero attached hydrogens (tertiary/aromatic N) is 1. The topological polar surface area (TPSA) is 49.8 Å². The van der Waals surface area contributed by atoms with Crippen LogP contribution in [-0.4, -0.2) is 41.8 Å². The van der Waals surface area contributed by atoms with E-state index in [9.17, 15) is 4.79 Å². The van der Waals surface area contributed by atoms with Crippen LogP contribution in [0.2, 0.25) is 0 Å². The van der Waals surface area contributed by atoms with Gasteiger partial charge in [-0.3, -0.25) is 9.69 Å². The van der Waals surface area contributed by atoms with Crippen molar-refractivity contribution in [3.63, 3.8) is 0 Å². The summed E-state index contributed by atoms with van der Waals surface area (Å²) in [7, 11) is 0. The average Bonchev–Trinajstić information content (AvgIpc) is 2.50. The van der Waals surface area contributed by atoms with Crippen molar-refractivity contribution >= 4 is 5.97 Å². The van der Waals surface area contributed by atoms with Crippen LogP contribution in [-0.2, 0) is 16.1 Å². The molecule has 1 aromatic rings. The van der Waals surface area contributed by atoms with E-state index in [0.717, 1.165) is 19.5 Å². The van der Waals surface area contributed by atoms with Gasteiger partial charge < -0.3 is 9.84 Å². The monoisotopic (exact) mass is 293 g/mol. The lowest BCUT2D eigenvalue weighted by atomic mass is 10.1. The van der Waals surface area contributed by atoms with E-state index in [0.29, 0.717) is 19.4 Å². The van der Waals surface area contributed by atoms with E-state index in [-0.39, 0.29) is 18.6 Å². The van der Waals surface area contributed by atoms with Crippen LogP contribution < -0.4 is 0 Å². The molecule has 0 bridgehead atoms. The number of esters is 1. The molecule has 118 valence electrons. The lowest BCUT2D eigenvalue weighted by Gasteiger charge is -2.30. The molecule has 1 atom stereocenters. The van der Waals surface area contributed by atoms with Crippen LogP contribution in [0.5, 0.6) is 0 Å². The third-order valence-electron chi connectivity index (χ3n) is 3.53. The van der Waals surface area contributed by atoms with E-state index in [2.05, 4.69) is 24.0 Å². The Balaban J connectivity index is 2.70. The molecule has 1 aromatic carbocycles. The Bertz CT molecular complexity index is 394. The van der Waals surface area contributed by atoms with Crippen molar-refractivity contribution < 1.29 is 14.6 Å². The summed E-state index contributed by atoms with van der Waals surface area (Å²) >= 11 is 0. The van der Waals surface area contributed by atoms with Gasteiger partial charge in [0.1, 0.15) is 0 Å². The van der Waals surface area contributed by atoms with Gasteiger partial charge in [0.05, 0.1) is 13.0 Å². The number of aliphatic hydroxyl groups excluding tert-OH is 1. The highest BCUT2D eigenvalue weighted by Crippen LogP contribution is 2.15. The Hall–Kier alpha value is -1.39. The molecule has 0 aliphatic rings. The van der Waals surface area contributed by atoms with Gasteiger partial charge in [0.25, 0.3) is 0 Å². The number of rotatable bonds is 10. The summed E-state index contributed by atoms with van der Waals surface area (Å²) in [6.07, 6.45) is 2.01. The van der Waals surface area contributed by atoms with Gasteiger partial charge in [0.2, 0.25) is 0 Å². The molecule has 0 fully saturated rings. The summed E-state index contributed by atoms with van der Waals surface area (Å²) in [4.78, 5) is 14.0. The molecule has 0 amide bonds. The lowest BCUT2D eigenvalue weighted by Crippen LogP contribution is -2.37. The van der Waals surface area contributed by atoms with Crippen molar-refractivity contribution in [2.75, 3.05) is 19.8 Å². The predicted octanol–water partition coefficient (Wildman–Crippen LogP) is 2.60. The normalized spacial score (nSPS) is 12.4. The smallest absolute Gasteiger partial charge is 0.307 e. The summed E-state index contributed by atoms with van der Waals surface area (Å²) in [6.45, 7) is 6.07. The summed E-state index contributed by atoms with van der Waals surface area (Å²) in [6, 6.07) is 10.4. The molecular formula is C17H27NO3. The van der Waals surface area contributed by atoms with Gasteiger partial charge in [0, 0.05) is 25.7 Å². The third-order valence-corrected chi connectivity index (χ3v) is 3.53. The van der Waals surface area contributed by atoms with E-state index in [1.165, 1.54) is 5.56 Å². The fourth-order valence-corrected chi connectivity index (χ4v) is 2.43. The maximum absolute atomic E-state index is 11.7. The van der Waals surface area contributed by atoms with E-state index < -0.39 is 0 Å². The first-order valence-corrected chi connectivity index (χ1v) is 7.75. The van der Waals surface area contributed by atoms with Crippen molar-refractivity contribution in [3.8, 4) is 0 Å². The minimum absolute atomic E-state index is 0.147. The Morgan fingerprint density at radius 1 is 1.29 bits per heavy atom. The molecular weight excluding hydrogens is 266 g/mol. The fraction of sp³-hybridized carbons (Fsp3) is 0.588. The van der Waals surface area contributed by atoms with Crippen LogP contribution in [0, 0.1) is 0 Å². The molecule has 0 aliphatic heterocycles. The molecule has 4 heteroatoms. The zero-order chi connectivity index (χ0) is 15.5. The number of ether oxygens (including phenoxy) is 1. The first-order valence-electron chi connectivity index (χ1n) is 7.75. The molecule has 0 aliphatic carbocycles. The van der Waals surface area contributed by atoms with Crippen molar-refractivity contribution in [2.45, 2.75) is 45.7 Å². The lowest BCUT2D eigenvalue weighted by molar-refractivity contribution is -0.144. The molecule has 4 nitrogen and oxygen atoms in total. The number of carbonyl (C=O) groups excluding carboxylic acids is 1. The summed E-state index contributed by atoms with van der Waals surface area (Å²) in [5, 5.41) is 9.08. The van der Waals surface area contributed by atoms with Crippen LogP contribution in [0.1, 0.15) is 38.7 Å². The van der Waals surface area contributed by atoms with Crippen LogP contribution in [0.3, 0.4) is 0 Å². The molecule has 1 unspecified atom stereocenters. The molecule has 21 heavy (non-hydrogen) atoms. The van der Waals surface area contributed by atoms with Crippen molar-refractivity contribution in [1.29, 1.82) is 0 Å². The van der Waals surface area contributed by atoms with E-state index in [1.54, 1.807) is 0 Å². The summed E-state index contributed by atoms with van der Waals surface area (Å²) in [5.41, 5.74) is 1.22. The Morgan fingerprint density at radius 2 is 2.00 bits per heavy atom. The second kappa shape index (κ2) is 10.4. The maximum Gasteiger partial charge on any atom is 0.307 e. The minimum atomic E-state index is -0.147. The first kappa shape index (κ1) is 17.7. The number of hydrogen-bond donors (Lipinski definition) is 1. The zero-order valence-corrected chi connectivity index (χ0v) is 13.1. The molecule has 0 aromatic heterocycles. The van der Waals surface area contributed by atoms with E-state index in [4.69, 9.17) is 9.84 Å². The SMILES string of the molecule is CCOC(=O)CC(CC)N(CCCO)Cc1ccccc1. The summed E-state index contributed by atoms with van der Waals surface area (Å²) < 4.78 is 5.06. The van der Waals surface area contributed by atoms with E-state index in [1.807, 2.05) is 25.1 Å². The molecule has 0 spiro atoms. The first-order chi connectivity index (χ1) is 10.2. The minimum Gasteiger partial charge on any atom is -0.466 e. The number of carbonyl (C=O) groups is 1. The van der Waals surface area contributed by atoms with Crippen LogP contribution >= 0.6 is 0 Å². The highest BCUT2D eigenvalue weighted by atomic mass is 16.5. The molecule has 1 N–H and O–H groups in total. The van der Waals surface area contributed by atoms with Gasteiger partial charge in [-0.2, -0.15) is 0 Å². The van der Waals surface area contributed by atoms with Crippen molar-refractivity contribution in [2.24, 2.45) is 0 Å². The zero-order valence-electron chi connectivity index (χ0n) is 13.1.